The zero-order valence-corrected chi connectivity index (χ0v) is 14.5. The molecule has 0 bridgehead atoms. The van der Waals surface area contributed by atoms with Crippen LogP contribution in [0.15, 0.2) is 65.6 Å². The number of carbonyl (C=O) groups excluding carboxylic acids is 2. The SMILES string of the molecule is O=C1C=Cc2c(c(-c3ccccc3)nn2S(=O)(=O)c2ccc(F)cc2)C1=O. The summed E-state index contributed by atoms with van der Waals surface area (Å²) < 4.78 is 39.9. The maximum absolute atomic E-state index is 13.2. The average Bonchev–Trinajstić information content (AvgIpc) is 3.07. The van der Waals surface area contributed by atoms with Crippen molar-refractivity contribution in [2.75, 3.05) is 0 Å². The van der Waals surface area contributed by atoms with Gasteiger partial charge in [-0.05, 0) is 36.4 Å². The Morgan fingerprint density at radius 3 is 2.22 bits per heavy atom. The number of nitrogens with zero attached hydrogens (tertiary/aromatic N) is 2. The van der Waals surface area contributed by atoms with Crippen LogP contribution in [0.5, 0.6) is 0 Å². The fourth-order valence-electron chi connectivity index (χ4n) is 2.82. The smallest absolute Gasteiger partial charge is 0.283 e. The predicted octanol–water partition coefficient (Wildman–Crippen LogP) is 2.70. The number of rotatable bonds is 3. The van der Waals surface area contributed by atoms with E-state index in [-0.39, 0.29) is 21.8 Å². The number of hydrogen-bond donors (Lipinski definition) is 0. The molecular formula is C19H11FN2O4S. The second kappa shape index (κ2) is 6.10. The molecule has 134 valence electrons. The van der Waals surface area contributed by atoms with Gasteiger partial charge >= 0.3 is 0 Å². The molecule has 3 aromatic rings. The highest BCUT2D eigenvalue weighted by atomic mass is 32.2. The van der Waals surface area contributed by atoms with Gasteiger partial charge in [-0.2, -0.15) is 17.6 Å². The molecule has 0 atom stereocenters. The predicted molar refractivity (Wildman–Crippen MR) is 95.0 cm³/mol. The Hall–Kier alpha value is -3.39. The summed E-state index contributed by atoms with van der Waals surface area (Å²) >= 11 is 0. The Labute approximate surface area is 153 Å². The summed E-state index contributed by atoms with van der Waals surface area (Å²) in [5.41, 5.74) is 0.513. The molecule has 1 aromatic heterocycles. The minimum absolute atomic E-state index is 0.0113. The number of fused-ring (bicyclic) bond motifs is 1. The molecule has 0 aliphatic heterocycles. The number of allylic oxidation sites excluding steroid dienone is 1. The number of Topliss-reactive ketones (excluding diaryl/α,β-unsaturated/α-hetero) is 1. The lowest BCUT2D eigenvalue weighted by Crippen LogP contribution is -2.20. The molecule has 0 fully saturated rings. The fraction of sp³-hybridized carbons (Fsp3) is 0. The molecule has 0 N–H and O–H groups in total. The topological polar surface area (TPSA) is 86.1 Å². The summed E-state index contributed by atoms with van der Waals surface area (Å²) in [6.45, 7) is 0. The van der Waals surface area contributed by atoms with Gasteiger partial charge in [-0.25, -0.2) is 4.39 Å². The van der Waals surface area contributed by atoms with Crippen LogP contribution in [-0.2, 0) is 14.8 Å². The molecular weight excluding hydrogens is 371 g/mol. The summed E-state index contributed by atoms with van der Waals surface area (Å²) in [5, 5.41) is 4.13. The van der Waals surface area contributed by atoms with Gasteiger partial charge in [0, 0.05) is 5.56 Å². The third-order valence-corrected chi connectivity index (χ3v) is 5.72. The van der Waals surface area contributed by atoms with Crippen molar-refractivity contribution in [2.45, 2.75) is 4.90 Å². The van der Waals surface area contributed by atoms with Crippen molar-refractivity contribution < 1.29 is 22.4 Å². The van der Waals surface area contributed by atoms with E-state index < -0.39 is 27.4 Å². The second-order valence-electron chi connectivity index (χ2n) is 5.80. The molecule has 0 saturated carbocycles. The van der Waals surface area contributed by atoms with Crippen LogP contribution in [-0.4, -0.2) is 29.2 Å². The highest BCUT2D eigenvalue weighted by Crippen LogP contribution is 2.31. The van der Waals surface area contributed by atoms with E-state index in [0.29, 0.717) is 9.65 Å². The van der Waals surface area contributed by atoms with Crippen LogP contribution in [0.1, 0.15) is 16.1 Å². The summed E-state index contributed by atoms with van der Waals surface area (Å²) in [4.78, 5) is 24.1. The molecule has 0 spiro atoms. The number of hydrogen-bond acceptors (Lipinski definition) is 5. The molecule has 0 unspecified atom stereocenters. The quantitative estimate of drug-likeness (QED) is 0.650. The van der Waals surface area contributed by atoms with E-state index >= 15 is 0 Å². The van der Waals surface area contributed by atoms with Crippen LogP contribution in [0, 0.1) is 5.82 Å². The lowest BCUT2D eigenvalue weighted by Gasteiger charge is -2.09. The van der Waals surface area contributed by atoms with Gasteiger partial charge in [-0.1, -0.05) is 30.3 Å². The van der Waals surface area contributed by atoms with E-state index in [0.717, 1.165) is 30.3 Å². The number of carbonyl (C=O) groups is 2. The van der Waals surface area contributed by atoms with E-state index in [1.807, 2.05) is 0 Å². The molecule has 6 nitrogen and oxygen atoms in total. The van der Waals surface area contributed by atoms with Crippen molar-refractivity contribution in [3.8, 4) is 11.3 Å². The first-order valence-corrected chi connectivity index (χ1v) is 9.30. The van der Waals surface area contributed by atoms with Gasteiger partial charge < -0.3 is 0 Å². The first kappa shape index (κ1) is 17.0. The van der Waals surface area contributed by atoms with Gasteiger partial charge in [-0.15, -0.1) is 0 Å². The van der Waals surface area contributed by atoms with Gasteiger partial charge in [0.05, 0.1) is 16.2 Å². The van der Waals surface area contributed by atoms with Crippen LogP contribution in [0.4, 0.5) is 4.39 Å². The minimum Gasteiger partial charge on any atom is -0.286 e. The molecule has 1 aliphatic carbocycles. The Bertz CT molecular complexity index is 1210. The normalized spacial score (nSPS) is 13.7. The van der Waals surface area contributed by atoms with Crippen molar-refractivity contribution in [3.63, 3.8) is 0 Å². The molecule has 0 amide bonds. The first-order chi connectivity index (χ1) is 12.9. The van der Waals surface area contributed by atoms with Crippen LogP contribution in [0.3, 0.4) is 0 Å². The Morgan fingerprint density at radius 1 is 0.889 bits per heavy atom. The largest absolute Gasteiger partial charge is 0.286 e. The zero-order valence-electron chi connectivity index (χ0n) is 13.7. The number of ketones is 2. The van der Waals surface area contributed by atoms with E-state index in [9.17, 15) is 22.4 Å². The van der Waals surface area contributed by atoms with Crippen molar-refractivity contribution in [2.24, 2.45) is 0 Å². The second-order valence-corrected chi connectivity index (χ2v) is 7.57. The Morgan fingerprint density at radius 2 is 1.56 bits per heavy atom. The highest BCUT2D eigenvalue weighted by molar-refractivity contribution is 7.89. The standard InChI is InChI=1S/C19H11FN2O4S/c20-13-6-8-14(9-7-13)27(25,26)22-15-10-11-16(23)19(24)17(15)18(21-22)12-4-2-1-3-5-12/h1-11H. The molecule has 0 saturated heterocycles. The average molecular weight is 382 g/mol. The molecule has 0 radical (unpaired) electrons. The molecule has 1 heterocycles. The van der Waals surface area contributed by atoms with Crippen LogP contribution >= 0.6 is 0 Å². The lowest BCUT2D eigenvalue weighted by molar-refractivity contribution is -0.110. The summed E-state index contributed by atoms with van der Waals surface area (Å²) in [7, 11) is -4.20. The monoisotopic (exact) mass is 382 g/mol. The Kier molecular flexibility index (Phi) is 3.85. The van der Waals surface area contributed by atoms with E-state index in [1.165, 1.54) is 6.08 Å². The molecule has 8 heteroatoms. The van der Waals surface area contributed by atoms with E-state index in [2.05, 4.69) is 5.10 Å². The van der Waals surface area contributed by atoms with Gasteiger partial charge in [0.15, 0.2) is 0 Å². The van der Waals surface area contributed by atoms with Crippen LogP contribution in [0.2, 0.25) is 0 Å². The number of benzene rings is 2. The van der Waals surface area contributed by atoms with Gasteiger partial charge in [-0.3, -0.25) is 9.59 Å². The van der Waals surface area contributed by atoms with E-state index in [1.54, 1.807) is 30.3 Å². The maximum Gasteiger partial charge on any atom is 0.283 e. The summed E-state index contributed by atoms with van der Waals surface area (Å²) in [6, 6.07) is 12.8. The third-order valence-electron chi connectivity index (χ3n) is 4.12. The fourth-order valence-corrected chi connectivity index (χ4v) is 4.10. The molecule has 27 heavy (non-hydrogen) atoms. The third kappa shape index (κ3) is 2.70. The van der Waals surface area contributed by atoms with Crippen LogP contribution in [0.25, 0.3) is 17.3 Å². The van der Waals surface area contributed by atoms with Crippen molar-refractivity contribution in [1.82, 2.24) is 9.19 Å². The highest BCUT2D eigenvalue weighted by Gasteiger charge is 2.34. The van der Waals surface area contributed by atoms with Crippen molar-refractivity contribution in [3.05, 3.63) is 77.7 Å². The maximum atomic E-state index is 13.2. The minimum atomic E-state index is -4.20. The van der Waals surface area contributed by atoms with Gasteiger partial charge in [0.2, 0.25) is 11.6 Å². The molecule has 1 aliphatic rings. The van der Waals surface area contributed by atoms with Gasteiger partial charge in [0.1, 0.15) is 11.5 Å². The Balaban J connectivity index is 2.00. The summed E-state index contributed by atoms with van der Waals surface area (Å²) in [5.74, 6) is -2.16. The molecule has 4 rings (SSSR count). The zero-order chi connectivity index (χ0) is 19.2. The number of aromatic nitrogens is 2. The molecule has 2 aromatic carbocycles. The van der Waals surface area contributed by atoms with E-state index in [4.69, 9.17) is 0 Å². The van der Waals surface area contributed by atoms with Crippen molar-refractivity contribution in [1.29, 1.82) is 0 Å². The number of halogens is 1. The van der Waals surface area contributed by atoms with Gasteiger partial charge in [0.25, 0.3) is 10.0 Å². The lowest BCUT2D eigenvalue weighted by atomic mass is 9.96. The van der Waals surface area contributed by atoms with Crippen LogP contribution < -0.4 is 0 Å². The van der Waals surface area contributed by atoms with Crippen molar-refractivity contribution >= 4 is 27.7 Å². The first-order valence-electron chi connectivity index (χ1n) is 7.86. The summed E-state index contributed by atoms with van der Waals surface area (Å²) in [6.07, 6.45) is 2.26.